The Labute approximate surface area is 172 Å². The van der Waals surface area contributed by atoms with Gasteiger partial charge in [-0.3, -0.25) is 9.59 Å². The van der Waals surface area contributed by atoms with Crippen LogP contribution in [-0.4, -0.2) is 38.2 Å². The van der Waals surface area contributed by atoms with Crippen molar-refractivity contribution < 1.29 is 19.1 Å². The SMILES string of the molecule is CC[C@@H](Oc1ccc(C)cc1C)C(=O)Nc1ccccc1C(=O)NCCCOC. The van der Waals surface area contributed by atoms with Gasteiger partial charge in [-0.15, -0.1) is 0 Å². The van der Waals surface area contributed by atoms with Crippen LogP contribution < -0.4 is 15.4 Å². The fourth-order valence-electron chi connectivity index (χ4n) is 2.92. The Morgan fingerprint density at radius 1 is 1.10 bits per heavy atom. The van der Waals surface area contributed by atoms with E-state index in [0.717, 1.165) is 17.5 Å². The molecule has 29 heavy (non-hydrogen) atoms. The third-order valence-corrected chi connectivity index (χ3v) is 4.50. The molecule has 0 bridgehead atoms. The van der Waals surface area contributed by atoms with Gasteiger partial charge in [-0.05, 0) is 50.5 Å². The molecule has 0 heterocycles. The van der Waals surface area contributed by atoms with Crippen LogP contribution in [0.4, 0.5) is 5.69 Å². The van der Waals surface area contributed by atoms with Crippen LogP contribution in [0.3, 0.4) is 0 Å². The van der Waals surface area contributed by atoms with Crippen LogP contribution >= 0.6 is 0 Å². The lowest BCUT2D eigenvalue weighted by Crippen LogP contribution is -2.34. The second-order valence-electron chi connectivity index (χ2n) is 6.92. The normalized spacial score (nSPS) is 11.6. The van der Waals surface area contributed by atoms with Gasteiger partial charge in [0.25, 0.3) is 11.8 Å². The third kappa shape index (κ3) is 6.61. The summed E-state index contributed by atoms with van der Waals surface area (Å²) in [5.74, 6) is 0.161. The zero-order valence-corrected chi connectivity index (χ0v) is 17.6. The van der Waals surface area contributed by atoms with Crippen molar-refractivity contribution in [2.75, 3.05) is 25.6 Å². The molecule has 0 aliphatic heterocycles. The number of carbonyl (C=O) groups is 2. The summed E-state index contributed by atoms with van der Waals surface area (Å²) in [6.45, 7) is 6.94. The number of ether oxygens (including phenoxy) is 2. The Kier molecular flexibility index (Phi) is 8.68. The highest BCUT2D eigenvalue weighted by Crippen LogP contribution is 2.22. The minimum atomic E-state index is -0.658. The van der Waals surface area contributed by atoms with Crippen molar-refractivity contribution in [3.63, 3.8) is 0 Å². The number of amides is 2. The molecule has 0 aromatic heterocycles. The number of anilines is 1. The van der Waals surface area contributed by atoms with Crippen LogP contribution in [0.1, 0.15) is 41.3 Å². The van der Waals surface area contributed by atoms with Crippen molar-refractivity contribution >= 4 is 17.5 Å². The number of rotatable bonds is 10. The highest BCUT2D eigenvalue weighted by molar-refractivity contribution is 6.04. The quantitative estimate of drug-likeness (QED) is 0.596. The molecule has 0 saturated carbocycles. The number of hydrogen-bond donors (Lipinski definition) is 2. The fraction of sp³-hybridized carbons (Fsp3) is 0.391. The van der Waals surface area contributed by atoms with E-state index in [9.17, 15) is 9.59 Å². The van der Waals surface area contributed by atoms with Gasteiger partial charge in [0.1, 0.15) is 5.75 Å². The van der Waals surface area contributed by atoms with Crippen molar-refractivity contribution in [1.82, 2.24) is 5.32 Å². The Bertz CT molecular complexity index is 835. The monoisotopic (exact) mass is 398 g/mol. The minimum Gasteiger partial charge on any atom is -0.480 e. The summed E-state index contributed by atoms with van der Waals surface area (Å²) in [6, 6.07) is 12.8. The molecule has 0 unspecified atom stereocenters. The first-order valence-corrected chi connectivity index (χ1v) is 9.87. The predicted molar refractivity (Wildman–Crippen MR) is 115 cm³/mol. The van der Waals surface area contributed by atoms with Crippen LogP contribution in [0.5, 0.6) is 5.75 Å². The molecule has 6 nitrogen and oxygen atoms in total. The van der Waals surface area contributed by atoms with Crippen LogP contribution in [0.2, 0.25) is 0 Å². The van der Waals surface area contributed by atoms with Gasteiger partial charge >= 0.3 is 0 Å². The Morgan fingerprint density at radius 3 is 2.55 bits per heavy atom. The van der Waals surface area contributed by atoms with Gasteiger partial charge in [0.05, 0.1) is 11.3 Å². The molecule has 0 radical (unpaired) electrons. The van der Waals surface area contributed by atoms with Gasteiger partial charge in [0.2, 0.25) is 0 Å². The number of carbonyl (C=O) groups excluding carboxylic acids is 2. The van der Waals surface area contributed by atoms with E-state index in [1.807, 2.05) is 39.0 Å². The summed E-state index contributed by atoms with van der Waals surface area (Å²) < 4.78 is 10.9. The van der Waals surface area contributed by atoms with E-state index in [4.69, 9.17) is 9.47 Å². The first kappa shape index (κ1) is 22.4. The molecular formula is C23H30N2O4. The lowest BCUT2D eigenvalue weighted by atomic mass is 10.1. The largest absolute Gasteiger partial charge is 0.480 e. The van der Waals surface area contributed by atoms with E-state index in [1.54, 1.807) is 31.4 Å². The van der Waals surface area contributed by atoms with Crippen LogP contribution in [0, 0.1) is 13.8 Å². The lowest BCUT2D eigenvalue weighted by Gasteiger charge is -2.20. The number of hydrogen-bond acceptors (Lipinski definition) is 4. The Balaban J connectivity index is 2.07. The predicted octanol–water partition coefficient (Wildman–Crippen LogP) is 3.87. The summed E-state index contributed by atoms with van der Waals surface area (Å²) in [4.78, 5) is 25.3. The number of para-hydroxylation sites is 1. The molecule has 0 spiro atoms. The lowest BCUT2D eigenvalue weighted by molar-refractivity contribution is -0.122. The second kappa shape index (κ2) is 11.2. The van der Waals surface area contributed by atoms with Crippen LogP contribution in [-0.2, 0) is 9.53 Å². The smallest absolute Gasteiger partial charge is 0.265 e. The number of nitrogens with one attached hydrogen (secondary N) is 2. The summed E-state index contributed by atoms with van der Waals surface area (Å²) in [7, 11) is 1.62. The van der Waals surface area contributed by atoms with E-state index >= 15 is 0 Å². The highest BCUT2D eigenvalue weighted by Gasteiger charge is 2.21. The first-order chi connectivity index (χ1) is 14.0. The van der Waals surface area contributed by atoms with Gasteiger partial charge < -0.3 is 20.1 Å². The van der Waals surface area contributed by atoms with Gasteiger partial charge in [-0.25, -0.2) is 0 Å². The Hall–Kier alpha value is -2.86. The molecule has 2 aromatic rings. The molecule has 0 fully saturated rings. The molecule has 2 rings (SSSR count). The average Bonchev–Trinajstić information content (AvgIpc) is 2.71. The topological polar surface area (TPSA) is 76.7 Å². The van der Waals surface area contributed by atoms with Gasteiger partial charge in [0.15, 0.2) is 6.10 Å². The van der Waals surface area contributed by atoms with Crippen molar-refractivity contribution in [3.05, 3.63) is 59.2 Å². The molecular weight excluding hydrogens is 368 g/mol. The average molecular weight is 399 g/mol. The maximum atomic E-state index is 12.8. The van der Waals surface area contributed by atoms with E-state index in [2.05, 4.69) is 10.6 Å². The maximum absolute atomic E-state index is 12.8. The van der Waals surface area contributed by atoms with Gasteiger partial charge in [0, 0.05) is 20.3 Å². The summed E-state index contributed by atoms with van der Waals surface area (Å²) in [6.07, 6.45) is 0.567. The molecule has 6 heteroatoms. The summed E-state index contributed by atoms with van der Waals surface area (Å²) in [5, 5.41) is 5.69. The van der Waals surface area contributed by atoms with E-state index < -0.39 is 6.10 Å². The van der Waals surface area contributed by atoms with Crippen LogP contribution in [0.25, 0.3) is 0 Å². The van der Waals surface area contributed by atoms with Crippen LogP contribution in [0.15, 0.2) is 42.5 Å². The molecule has 2 amide bonds. The van der Waals surface area contributed by atoms with Gasteiger partial charge in [-0.1, -0.05) is 36.8 Å². The number of methoxy groups -OCH3 is 1. The second-order valence-corrected chi connectivity index (χ2v) is 6.92. The van der Waals surface area contributed by atoms with Crippen molar-refractivity contribution in [2.24, 2.45) is 0 Å². The number of benzene rings is 2. The van der Waals surface area contributed by atoms with E-state index in [0.29, 0.717) is 36.6 Å². The standard InChI is InChI=1S/C23H30N2O4/c1-5-20(29-21-12-11-16(2)15-17(21)3)23(27)25-19-10-7-6-9-18(19)22(26)24-13-8-14-28-4/h6-7,9-12,15,20H,5,8,13-14H2,1-4H3,(H,24,26)(H,25,27)/t20-/m1/s1. The molecule has 1 atom stereocenters. The highest BCUT2D eigenvalue weighted by atomic mass is 16.5. The minimum absolute atomic E-state index is 0.236. The molecule has 2 aromatic carbocycles. The molecule has 0 aliphatic carbocycles. The molecule has 2 N–H and O–H groups in total. The van der Waals surface area contributed by atoms with E-state index in [-0.39, 0.29) is 11.8 Å². The molecule has 0 saturated heterocycles. The van der Waals surface area contributed by atoms with Crippen molar-refractivity contribution in [3.8, 4) is 5.75 Å². The third-order valence-electron chi connectivity index (χ3n) is 4.50. The zero-order valence-electron chi connectivity index (χ0n) is 17.6. The van der Waals surface area contributed by atoms with E-state index in [1.165, 1.54) is 0 Å². The fourth-order valence-corrected chi connectivity index (χ4v) is 2.92. The van der Waals surface area contributed by atoms with Gasteiger partial charge in [-0.2, -0.15) is 0 Å². The Morgan fingerprint density at radius 2 is 1.86 bits per heavy atom. The van der Waals surface area contributed by atoms with Crippen molar-refractivity contribution in [1.29, 1.82) is 0 Å². The first-order valence-electron chi connectivity index (χ1n) is 9.87. The number of aryl methyl sites for hydroxylation is 2. The summed E-state index contributed by atoms with van der Waals surface area (Å²) in [5.41, 5.74) is 2.99. The molecule has 156 valence electrons. The molecule has 0 aliphatic rings. The van der Waals surface area contributed by atoms with Crippen molar-refractivity contribution in [2.45, 2.75) is 39.7 Å². The summed E-state index contributed by atoms with van der Waals surface area (Å²) >= 11 is 0. The zero-order chi connectivity index (χ0) is 21.2. The maximum Gasteiger partial charge on any atom is 0.265 e.